The minimum absolute atomic E-state index is 0.0898. The molecule has 0 aliphatic heterocycles. The van der Waals surface area contributed by atoms with Crippen LogP contribution in [0.3, 0.4) is 0 Å². The Bertz CT molecular complexity index is 2020. The summed E-state index contributed by atoms with van der Waals surface area (Å²) in [6.45, 7) is 5.10. The van der Waals surface area contributed by atoms with Crippen LogP contribution in [0.4, 0.5) is 0 Å². The Morgan fingerprint density at radius 3 is 0.827 bits per heavy atom. The second kappa shape index (κ2) is 37.1. The molecule has 0 saturated heterocycles. The minimum atomic E-state index is -1.12. The van der Waals surface area contributed by atoms with Crippen molar-refractivity contribution in [1.29, 1.82) is 0 Å². The topological polar surface area (TPSA) is 308 Å². The number of hydrogen-bond donors (Lipinski definition) is 9. The third-order valence-corrected chi connectivity index (χ3v) is 11.0. The summed E-state index contributed by atoms with van der Waals surface area (Å²) in [5, 5.41) is 16.8. The molecular weight excluding hydrogens is 967 g/mol. The van der Waals surface area contributed by atoms with Gasteiger partial charge in [-0.3, -0.25) is 28.8 Å². The van der Waals surface area contributed by atoms with E-state index in [1.54, 1.807) is 36.4 Å². The van der Waals surface area contributed by atoms with E-state index in [0.29, 0.717) is 59.3 Å². The fourth-order valence-electron chi connectivity index (χ4n) is 7.25. The molecule has 4 aromatic carbocycles. The number of nitrogens with one attached hydrogen (secondary N) is 6. The molecule has 408 valence electrons. The molecule has 0 aliphatic carbocycles. The van der Waals surface area contributed by atoms with Crippen molar-refractivity contribution in [3.8, 4) is 0 Å². The van der Waals surface area contributed by atoms with E-state index in [1.165, 1.54) is 18.2 Å². The van der Waals surface area contributed by atoms with E-state index >= 15 is 0 Å². The van der Waals surface area contributed by atoms with Crippen LogP contribution in [-0.2, 0) is 62.1 Å². The molecule has 75 heavy (non-hydrogen) atoms. The van der Waals surface area contributed by atoms with E-state index in [-0.39, 0.29) is 95.2 Å². The number of amides is 6. The summed E-state index contributed by atoms with van der Waals surface area (Å²) in [5.41, 5.74) is 18.2. The number of benzene rings is 4. The van der Waals surface area contributed by atoms with Gasteiger partial charge in [0.1, 0.15) is 18.1 Å². The Labute approximate surface area is 439 Å². The predicted molar refractivity (Wildman–Crippen MR) is 282 cm³/mol. The SMILES string of the molecule is NCCOCCOCCNC(=O)[C@H](Cc1ccccc1)NC(=O)c1cc(C(=O)N[C@@H](Cc2ccccc2)C(=O)NCCOCCOCCN)cc(C(=O)N[C@@H](Cc2ccccc2)C(=O)NCCOCCOCCN)c1. The largest absolute Gasteiger partial charge is 0.378 e. The summed E-state index contributed by atoms with van der Waals surface area (Å²) < 4.78 is 32.7. The summed E-state index contributed by atoms with van der Waals surface area (Å²) >= 11 is 0. The van der Waals surface area contributed by atoms with Crippen LogP contribution in [-0.4, -0.2) is 172 Å². The van der Waals surface area contributed by atoms with Crippen molar-refractivity contribution in [2.75, 3.05) is 119 Å². The quantitative estimate of drug-likeness (QED) is 0.0267. The standard InChI is InChI=1S/C54H75N9O12/c55-16-22-70-28-31-73-25-19-58-52(67)46(34-40-10-4-1-5-11-40)61-49(64)43-37-44(50(65)62-47(35-41-12-6-2-7-13-41)53(68)59-20-26-74-32-29-71-23-17-56)39-45(38-43)51(66)63-48(36-42-14-8-3-9-15-42)54(69)60-21-27-75-33-30-72-24-18-57/h1-15,37-39,46-48H,16-36,55-57H2,(H,58,67)(H,59,68)(H,60,69)(H,61,64)(H,62,65)(H,63,66)/t46-,47-,48-/m0/s1. The van der Waals surface area contributed by atoms with Crippen LogP contribution >= 0.6 is 0 Å². The van der Waals surface area contributed by atoms with Gasteiger partial charge in [0.25, 0.3) is 17.7 Å². The van der Waals surface area contributed by atoms with Gasteiger partial charge in [0.2, 0.25) is 17.7 Å². The molecule has 0 aromatic heterocycles. The lowest BCUT2D eigenvalue weighted by atomic mass is 10.00. The van der Waals surface area contributed by atoms with E-state index in [2.05, 4.69) is 31.9 Å². The Balaban J connectivity index is 1.63. The lowest BCUT2D eigenvalue weighted by molar-refractivity contribution is -0.123. The average Bonchev–Trinajstić information content (AvgIpc) is 3.43. The van der Waals surface area contributed by atoms with Gasteiger partial charge in [0, 0.05) is 75.2 Å². The van der Waals surface area contributed by atoms with E-state index in [4.69, 9.17) is 45.6 Å². The number of ether oxygens (including phenoxy) is 6. The van der Waals surface area contributed by atoms with Crippen molar-refractivity contribution in [2.24, 2.45) is 17.2 Å². The first-order valence-corrected chi connectivity index (χ1v) is 25.2. The Hall–Kier alpha value is -6.66. The normalized spacial score (nSPS) is 12.2. The molecule has 4 aromatic rings. The molecule has 0 spiro atoms. The highest BCUT2D eigenvalue weighted by Crippen LogP contribution is 2.15. The van der Waals surface area contributed by atoms with Gasteiger partial charge in [-0.1, -0.05) is 91.0 Å². The van der Waals surface area contributed by atoms with Crippen LogP contribution in [0, 0.1) is 0 Å². The Kier molecular flexibility index (Phi) is 30.1. The van der Waals surface area contributed by atoms with Gasteiger partial charge in [-0.05, 0) is 34.9 Å². The van der Waals surface area contributed by atoms with Crippen molar-refractivity contribution in [3.63, 3.8) is 0 Å². The molecule has 0 heterocycles. The predicted octanol–water partition coefficient (Wildman–Crippen LogP) is 0.0342. The van der Waals surface area contributed by atoms with Crippen LogP contribution in [0.15, 0.2) is 109 Å². The minimum Gasteiger partial charge on any atom is -0.378 e. The van der Waals surface area contributed by atoms with Crippen LogP contribution in [0.1, 0.15) is 47.8 Å². The first kappa shape index (κ1) is 60.9. The molecule has 21 heteroatoms. The maximum Gasteiger partial charge on any atom is 0.251 e. The molecule has 4 rings (SSSR count). The summed E-state index contributed by atoms with van der Waals surface area (Å²) in [7, 11) is 0. The first-order valence-electron chi connectivity index (χ1n) is 25.2. The third-order valence-electron chi connectivity index (χ3n) is 11.0. The second-order valence-corrected chi connectivity index (χ2v) is 16.9. The maximum absolute atomic E-state index is 14.5. The van der Waals surface area contributed by atoms with Gasteiger partial charge < -0.3 is 77.5 Å². The molecule has 12 N–H and O–H groups in total. The van der Waals surface area contributed by atoms with Gasteiger partial charge in [-0.25, -0.2) is 0 Å². The van der Waals surface area contributed by atoms with E-state index in [9.17, 15) is 28.8 Å². The fraction of sp³-hybridized carbons (Fsp3) is 0.444. The summed E-state index contributed by atoms with van der Waals surface area (Å²) in [6.07, 6.45) is 0.269. The number of rotatable bonds is 39. The molecule has 6 amide bonds. The molecule has 0 radical (unpaired) electrons. The van der Waals surface area contributed by atoms with E-state index in [1.807, 2.05) is 54.6 Å². The highest BCUT2D eigenvalue weighted by atomic mass is 16.5. The van der Waals surface area contributed by atoms with Crippen LogP contribution in [0.25, 0.3) is 0 Å². The second-order valence-electron chi connectivity index (χ2n) is 16.9. The van der Waals surface area contributed by atoms with Gasteiger partial charge >= 0.3 is 0 Å². The molecule has 3 atom stereocenters. The molecule has 0 aliphatic rings. The Morgan fingerprint density at radius 2 is 0.587 bits per heavy atom. The van der Waals surface area contributed by atoms with Crippen LogP contribution in [0.2, 0.25) is 0 Å². The van der Waals surface area contributed by atoms with Crippen molar-refractivity contribution in [1.82, 2.24) is 31.9 Å². The third kappa shape index (κ3) is 25.0. The summed E-state index contributed by atoms with van der Waals surface area (Å²) in [6, 6.07) is 27.6. The molecule has 21 nitrogen and oxygen atoms in total. The lowest BCUT2D eigenvalue weighted by Crippen LogP contribution is -2.49. The molecule has 0 unspecified atom stereocenters. The average molecular weight is 1040 g/mol. The van der Waals surface area contributed by atoms with E-state index in [0.717, 1.165) is 16.7 Å². The van der Waals surface area contributed by atoms with Crippen molar-refractivity contribution in [2.45, 2.75) is 37.4 Å². The zero-order valence-corrected chi connectivity index (χ0v) is 42.6. The summed E-state index contributed by atoms with van der Waals surface area (Å²) in [5.74, 6) is -3.90. The smallest absolute Gasteiger partial charge is 0.251 e. The fourth-order valence-corrected chi connectivity index (χ4v) is 7.25. The highest BCUT2D eigenvalue weighted by molar-refractivity contribution is 6.06. The molecule has 0 bridgehead atoms. The number of nitrogens with two attached hydrogens (primary N) is 3. The van der Waals surface area contributed by atoms with Gasteiger partial charge in [0.15, 0.2) is 0 Å². The van der Waals surface area contributed by atoms with E-state index < -0.39 is 53.6 Å². The summed E-state index contributed by atoms with van der Waals surface area (Å²) in [4.78, 5) is 84.7. The number of carbonyl (C=O) groups excluding carboxylic acids is 6. The van der Waals surface area contributed by atoms with Crippen molar-refractivity contribution in [3.05, 3.63) is 143 Å². The maximum atomic E-state index is 14.5. The monoisotopic (exact) mass is 1040 g/mol. The Morgan fingerprint density at radius 1 is 0.347 bits per heavy atom. The first-order chi connectivity index (χ1) is 36.6. The number of carbonyl (C=O) groups is 6. The molecular formula is C54H75N9O12. The van der Waals surface area contributed by atoms with Crippen LogP contribution in [0.5, 0.6) is 0 Å². The van der Waals surface area contributed by atoms with Crippen molar-refractivity contribution < 1.29 is 57.2 Å². The molecule has 0 saturated carbocycles. The number of hydrogen-bond acceptors (Lipinski definition) is 15. The van der Waals surface area contributed by atoms with Crippen LogP contribution < -0.4 is 49.1 Å². The lowest BCUT2D eigenvalue weighted by Gasteiger charge is -2.21. The zero-order chi connectivity index (χ0) is 53.7. The van der Waals surface area contributed by atoms with Gasteiger partial charge in [0.05, 0.1) is 79.3 Å². The highest BCUT2D eigenvalue weighted by Gasteiger charge is 2.28. The zero-order valence-electron chi connectivity index (χ0n) is 42.6. The van der Waals surface area contributed by atoms with Gasteiger partial charge in [-0.2, -0.15) is 0 Å². The molecule has 0 fully saturated rings. The van der Waals surface area contributed by atoms with Gasteiger partial charge in [-0.15, -0.1) is 0 Å². The van der Waals surface area contributed by atoms with Crippen molar-refractivity contribution >= 4 is 35.4 Å².